The summed E-state index contributed by atoms with van der Waals surface area (Å²) in [5.41, 5.74) is 2.13. The van der Waals surface area contributed by atoms with Crippen molar-refractivity contribution in [3.63, 3.8) is 0 Å². The highest BCUT2D eigenvalue weighted by Crippen LogP contribution is 2.09. The van der Waals surface area contributed by atoms with Crippen LogP contribution in [0.1, 0.15) is 12.0 Å². The summed E-state index contributed by atoms with van der Waals surface area (Å²) in [4.78, 5) is 16.7. The van der Waals surface area contributed by atoms with Crippen LogP contribution in [-0.4, -0.2) is 65.1 Å². The van der Waals surface area contributed by atoms with Crippen LogP contribution in [-0.2, 0) is 11.3 Å². The third kappa shape index (κ3) is 3.64. The summed E-state index contributed by atoms with van der Waals surface area (Å²) in [5, 5.41) is 7.23. The SMILES string of the molecule is CN1CCCN(CC(=O)NCc2cccn3nccc23)CC1. The lowest BCUT2D eigenvalue weighted by Crippen LogP contribution is -2.38. The number of nitrogens with zero attached hydrogens (tertiary/aromatic N) is 4. The molecular weight excluding hydrogens is 278 g/mol. The number of carbonyl (C=O) groups is 1. The molecule has 6 nitrogen and oxygen atoms in total. The van der Waals surface area contributed by atoms with E-state index in [-0.39, 0.29) is 5.91 Å². The number of rotatable bonds is 4. The van der Waals surface area contributed by atoms with Crippen molar-refractivity contribution >= 4 is 11.4 Å². The molecule has 1 aliphatic rings. The molecule has 1 amide bonds. The maximum atomic E-state index is 12.2. The van der Waals surface area contributed by atoms with Crippen LogP contribution in [0.2, 0.25) is 0 Å². The lowest BCUT2D eigenvalue weighted by molar-refractivity contribution is -0.122. The van der Waals surface area contributed by atoms with Crippen LogP contribution in [0.25, 0.3) is 5.52 Å². The van der Waals surface area contributed by atoms with E-state index in [2.05, 4.69) is 27.3 Å². The first kappa shape index (κ1) is 15.0. The monoisotopic (exact) mass is 301 g/mol. The van der Waals surface area contributed by atoms with Gasteiger partial charge < -0.3 is 10.2 Å². The zero-order chi connectivity index (χ0) is 15.4. The lowest BCUT2D eigenvalue weighted by Gasteiger charge is -2.19. The van der Waals surface area contributed by atoms with E-state index in [0.717, 1.165) is 43.7 Å². The number of likely N-dealkylation sites (N-methyl/N-ethyl adjacent to an activating group) is 1. The molecule has 0 saturated carbocycles. The first-order valence-corrected chi connectivity index (χ1v) is 7.81. The molecule has 0 unspecified atom stereocenters. The van der Waals surface area contributed by atoms with Gasteiger partial charge in [0.2, 0.25) is 5.91 Å². The van der Waals surface area contributed by atoms with Crippen molar-refractivity contribution in [1.29, 1.82) is 0 Å². The second-order valence-corrected chi connectivity index (χ2v) is 5.90. The van der Waals surface area contributed by atoms with Gasteiger partial charge in [0.25, 0.3) is 0 Å². The summed E-state index contributed by atoms with van der Waals surface area (Å²) in [6.45, 7) is 5.13. The molecule has 0 aromatic carbocycles. The second-order valence-electron chi connectivity index (χ2n) is 5.90. The smallest absolute Gasteiger partial charge is 0.234 e. The summed E-state index contributed by atoms with van der Waals surface area (Å²) in [5.74, 6) is 0.0890. The molecule has 1 fully saturated rings. The number of pyridine rings is 1. The van der Waals surface area contributed by atoms with E-state index >= 15 is 0 Å². The molecule has 1 aliphatic heterocycles. The molecule has 0 spiro atoms. The topological polar surface area (TPSA) is 52.9 Å². The zero-order valence-electron chi connectivity index (χ0n) is 13.0. The third-order valence-corrected chi connectivity index (χ3v) is 4.18. The van der Waals surface area contributed by atoms with Crippen LogP contribution in [0.4, 0.5) is 0 Å². The molecule has 6 heteroatoms. The molecule has 1 saturated heterocycles. The number of amides is 1. The fourth-order valence-electron chi connectivity index (χ4n) is 2.87. The minimum absolute atomic E-state index is 0.0890. The quantitative estimate of drug-likeness (QED) is 0.898. The van der Waals surface area contributed by atoms with Crippen LogP contribution in [0.15, 0.2) is 30.6 Å². The summed E-state index contributed by atoms with van der Waals surface area (Å²) in [6, 6.07) is 5.94. The average Bonchev–Trinajstić information content (AvgIpc) is 2.90. The normalized spacial score (nSPS) is 17.5. The first-order chi connectivity index (χ1) is 10.7. The molecule has 118 valence electrons. The predicted molar refractivity (Wildman–Crippen MR) is 85.6 cm³/mol. The van der Waals surface area contributed by atoms with Crippen molar-refractivity contribution in [3.05, 3.63) is 36.2 Å². The molecular formula is C16H23N5O. The minimum Gasteiger partial charge on any atom is -0.351 e. The number of fused-ring (bicyclic) bond motifs is 1. The Morgan fingerprint density at radius 3 is 3.09 bits per heavy atom. The van der Waals surface area contributed by atoms with Crippen molar-refractivity contribution in [3.8, 4) is 0 Å². The summed E-state index contributed by atoms with van der Waals surface area (Å²) in [7, 11) is 2.13. The first-order valence-electron chi connectivity index (χ1n) is 7.81. The third-order valence-electron chi connectivity index (χ3n) is 4.18. The van der Waals surface area contributed by atoms with Crippen LogP contribution in [0.5, 0.6) is 0 Å². The number of nitrogens with one attached hydrogen (secondary N) is 1. The molecule has 0 bridgehead atoms. The molecule has 3 rings (SSSR count). The second kappa shape index (κ2) is 6.89. The summed E-state index contributed by atoms with van der Waals surface area (Å²) in [6.07, 6.45) is 4.81. The standard InChI is InChI=1S/C16H23N5O/c1-19-7-3-8-20(11-10-19)13-16(22)17-12-14-4-2-9-21-15(14)5-6-18-21/h2,4-6,9H,3,7-8,10-13H2,1H3,(H,17,22). The van der Waals surface area contributed by atoms with Crippen molar-refractivity contribution < 1.29 is 4.79 Å². The molecule has 2 aromatic rings. The van der Waals surface area contributed by atoms with Crippen molar-refractivity contribution in [1.82, 2.24) is 24.7 Å². The van der Waals surface area contributed by atoms with Gasteiger partial charge in [-0.25, -0.2) is 4.52 Å². The van der Waals surface area contributed by atoms with E-state index in [1.54, 1.807) is 6.20 Å². The predicted octanol–water partition coefficient (Wildman–Crippen LogP) is 0.588. The zero-order valence-corrected chi connectivity index (χ0v) is 13.0. The van der Waals surface area contributed by atoms with Crippen molar-refractivity contribution in [2.45, 2.75) is 13.0 Å². The van der Waals surface area contributed by atoms with Crippen LogP contribution in [0, 0.1) is 0 Å². The fraction of sp³-hybridized carbons (Fsp3) is 0.500. The van der Waals surface area contributed by atoms with Gasteiger partial charge in [-0.15, -0.1) is 0 Å². The van der Waals surface area contributed by atoms with E-state index in [1.165, 1.54) is 0 Å². The highest BCUT2D eigenvalue weighted by molar-refractivity contribution is 5.78. The summed E-state index contributed by atoms with van der Waals surface area (Å²) >= 11 is 0. The Balaban J connectivity index is 1.53. The maximum absolute atomic E-state index is 12.2. The molecule has 0 atom stereocenters. The molecule has 0 aliphatic carbocycles. The van der Waals surface area contributed by atoms with Gasteiger partial charge in [-0.05, 0) is 44.3 Å². The van der Waals surface area contributed by atoms with Gasteiger partial charge in [-0.1, -0.05) is 6.07 Å². The van der Waals surface area contributed by atoms with E-state index in [9.17, 15) is 4.79 Å². The van der Waals surface area contributed by atoms with Crippen molar-refractivity contribution in [2.24, 2.45) is 0 Å². The maximum Gasteiger partial charge on any atom is 0.234 e. The molecule has 22 heavy (non-hydrogen) atoms. The lowest BCUT2D eigenvalue weighted by atomic mass is 10.2. The van der Waals surface area contributed by atoms with Crippen molar-refractivity contribution in [2.75, 3.05) is 39.8 Å². The van der Waals surface area contributed by atoms with Crippen LogP contribution < -0.4 is 5.32 Å². The fourth-order valence-corrected chi connectivity index (χ4v) is 2.87. The highest BCUT2D eigenvalue weighted by atomic mass is 16.2. The minimum atomic E-state index is 0.0890. The van der Waals surface area contributed by atoms with Gasteiger partial charge in [-0.3, -0.25) is 9.69 Å². The number of aromatic nitrogens is 2. The van der Waals surface area contributed by atoms with Gasteiger partial charge in [0.15, 0.2) is 0 Å². The van der Waals surface area contributed by atoms with Gasteiger partial charge in [-0.2, -0.15) is 5.10 Å². The largest absolute Gasteiger partial charge is 0.351 e. The Kier molecular flexibility index (Phi) is 4.70. The Morgan fingerprint density at radius 1 is 1.27 bits per heavy atom. The number of hydrogen-bond acceptors (Lipinski definition) is 4. The molecule has 0 radical (unpaired) electrons. The Morgan fingerprint density at radius 2 is 2.18 bits per heavy atom. The van der Waals surface area contributed by atoms with Gasteiger partial charge in [0.1, 0.15) is 0 Å². The molecule has 3 heterocycles. The Hall–Kier alpha value is -1.92. The molecule has 2 aromatic heterocycles. The van der Waals surface area contributed by atoms with E-state index < -0.39 is 0 Å². The van der Waals surface area contributed by atoms with E-state index in [0.29, 0.717) is 13.1 Å². The van der Waals surface area contributed by atoms with Crippen LogP contribution in [0.3, 0.4) is 0 Å². The molecule has 1 N–H and O–H groups in total. The van der Waals surface area contributed by atoms with Gasteiger partial charge in [0, 0.05) is 32.0 Å². The average molecular weight is 301 g/mol. The van der Waals surface area contributed by atoms with Gasteiger partial charge in [0.05, 0.1) is 12.1 Å². The summed E-state index contributed by atoms with van der Waals surface area (Å²) < 4.78 is 1.83. The van der Waals surface area contributed by atoms with Gasteiger partial charge >= 0.3 is 0 Å². The van der Waals surface area contributed by atoms with E-state index in [4.69, 9.17) is 0 Å². The Bertz CT molecular complexity index is 638. The highest BCUT2D eigenvalue weighted by Gasteiger charge is 2.15. The Labute approximate surface area is 130 Å². The number of hydrogen-bond donors (Lipinski definition) is 1. The number of carbonyl (C=O) groups excluding carboxylic acids is 1. The van der Waals surface area contributed by atoms with E-state index in [1.807, 2.05) is 28.9 Å². The van der Waals surface area contributed by atoms with Crippen LogP contribution >= 0.6 is 0 Å².